The van der Waals surface area contributed by atoms with E-state index in [9.17, 15) is 8.42 Å². The Kier molecular flexibility index (Phi) is 8.11. The Bertz CT molecular complexity index is 819. The Balaban J connectivity index is 0.000000615. The molecule has 1 aliphatic carbocycles. The molecule has 0 radical (unpaired) electrons. The molecule has 0 unspecified atom stereocenters. The van der Waals surface area contributed by atoms with Crippen LogP contribution in [0, 0.1) is 0 Å². The second-order valence-electron chi connectivity index (χ2n) is 7.09. The van der Waals surface area contributed by atoms with Crippen LogP contribution in [0.3, 0.4) is 0 Å². The molecule has 0 bridgehead atoms. The fourth-order valence-corrected chi connectivity index (χ4v) is 4.88. The van der Waals surface area contributed by atoms with Gasteiger partial charge in [0.05, 0.1) is 10.3 Å². The van der Waals surface area contributed by atoms with E-state index in [2.05, 4.69) is 10.3 Å². The van der Waals surface area contributed by atoms with Crippen molar-refractivity contribution in [1.29, 1.82) is 0 Å². The summed E-state index contributed by atoms with van der Waals surface area (Å²) in [5.41, 5.74) is 0.546. The summed E-state index contributed by atoms with van der Waals surface area (Å²) in [5.74, 6) is 0.518. The fourth-order valence-electron chi connectivity index (χ4n) is 2.38. The number of nitrogens with zero attached hydrogens (tertiary/aromatic N) is 1. The van der Waals surface area contributed by atoms with Gasteiger partial charge in [-0.3, -0.25) is 0 Å². The van der Waals surface area contributed by atoms with Gasteiger partial charge in [-0.1, -0.05) is 52.6 Å². The summed E-state index contributed by atoms with van der Waals surface area (Å²) < 4.78 is 31.2. The molecule has 148 valence electrons. The molecule has 2 aromatic rings. The molecule has 7 heteroatoms. The van der Waals surface area contributed by atoms with Gasteiger partial charge in [0.2, 0.25) is 5.89 Å². The zero-order chi connectivity index (χ0) is 20.1. The summed E-state index contributed by atoms with van der Waals surface area (Å²) in [6.07, 6.45) is 2.33. The molecular weight excluding hydrogens is 372 g/mol. The first-order chi connectivity index (χ1) is 12.1. The molecule has 0 amide bonds. The lowest BCUT2D eigenvalue weighted by Gasteiger charge is -2.25. The largest absolute Gasteiger partial charge is 0.439 e. The smallest absolute Gasteiger partial charge is 0.200 e. The summed E-state index contributed by atoms with van der Waals surface area (Å²) >= 11 is 6.17. The van der Waals surface area contributed by atoms with Crippen LogP contribution in [0.25, 0.3) is 11.1 Å². The van der Waals surface area contributed by atoms with Crippen molar-refractivity contribution in [2.45, 2.75) is 69.4 Å². The lowest BCUT2D eigenvalue weighted by Crippen LogP contribution is -2.28. The fraction of sp³-hybridized carbons (Fsp3) is 0.632. The van der Waals surface area contributed by atoms with E-state index >= 15 is 0 Å². The van der Waals surface area contributed by atoms with Crippen molar-refractivity contribution in [3.63, 3.8) is 0 Å². The van der Waals surface area contributed by atoms with Gasteiger partial charge in [-0.25, -0.2) is 13.4 Å². The van der Waals surface area contributed by atoms with Gasteiger partial charge < -0.3 is 9.73 Å². The van der Waals surface area contributed by atoms with E-state index in [0.717, 1.165) is 6.42 Å². The van der Waals surface area contributed by atoms with Crippen molar-refractivity contribution in [1.82, 2.24) is 10.3 Å². The number of oxazole rings is 1. The van der Waals surface area contributed by atoms with Crippen molar-refractivity contribution in [3.8, 4) is 0 Å². The molecule has 1 aliphatic rings. The standard InChI is InChI=1S/C15H18ClNO3S.C2H7N.C2H6/c1-15(2,3)14-17-11-8-7-10(16)13(12(11)20-14)21(18,19)9-5-4-6-9;1-3-2;1-2/h7-9H,4-6H2,1-3H3;3H,1-2H3;1-2H3. The van der Waals surface area contributed by atoms with Crippen molar-refractivity contribution in [2.75, 3.05) is 14.1 Å². The second kappa shape index (κ2) is 9.20. The molecule has 0 spiro atoms. The molecule has 5 nitrogen and oxygen atoms in total. The van der Waals surface area contributed by atoms with Crippen molar-refractivity contribution >= 4 is 32.5 Å². The molecule has 1 saturated carbocycles. The minimum absolute atomic E-state index is 0.106. The maximum absolute atomic E-state index is 12.7. The van der Waals surface area contributed by atoms with Gasteiger partial charge in [-0.05, 0) is 39.1 Å². The predicted octanol–water partition coefficient (Wildman–Crippen LogP) is 4.97. The first-order valence-corrected chi connectivity index (χ1v) is 11.0. The topological polar surface area (TPSA) is 72.2 Å². The highest BCUT2D eigenvalue weighted by Crippen LogP contribution is 2.39. The first-order valence-electron chi connectivity index (χ1n) is 9.04. The average Bonchev–Trinajstić information content (AvgIpc) is 2.91. The van der Waals surface area contributed by atoms with Gasteiger partial charge in [0, 0.05) is 5.41 Å². The number of rotatable bonds is 2. The molecule has 0 aliphatic heterocycles. The molecule has 0 saturated heterocycles. The number of aromatic nitrogens is 1. The van der Waals surface area contributed by atoms with E-state index in [0.29, 0.717) is 29.8 Å². The maximum Gasteiger partial charge on any atom is 0.200 e. The number of benzene rings is 1. The SMILES string of the molecule is CC.CC(C)(C)c1nc2ccc(Cl)c(S(=O)(=O)C3CCC3)c2o1.CNC. The van der Waals surface area contributed by atoms with E-state index in [1.165, 1.54) is 0 Å². The van der Waals surface area contributed by atoms with Crippen molar-refractivity contribution < 1.29 is 12.8 Å². The third kappa shape index (κ3) is 4.78. The van der Waals surface area contributed by atoms with E-state index in [1.54, 1.807) is 12.1 Å². The molecule has 1 heterocycles. The highest BCUT2D eigenvalue weighted by Gasteiger charge is 2.37. The number of hydrogen-bond acceptors (Lipinski definition) is 5. The van der Waals surface area contributed by atoms with Crippen LogP contribution in [0.5, 0.6) is 0 Å². The summed E-state index contributed by atoms with van der Waals surface area (Å²) in [5, 5.41) is 2.62. The maximum atomic E-state index is 12.7. The van der Waals surface area contributed by atoms with E-state index < -0.39 is 9.84 Å². The van der Waals surface area contributed by atoms with Gasteiger partial charge in [-0.15, -0.1) is 0 Å². The van der Waals surface area contributed by atoms with Crippen LogP contribution in [0.1, 0.15) is 59.8 Å². The molecule has 1 N–H and O–H groups in total. The molecule has 26 heavy (non-hydrogen) atoms. The number of hydrogen-bond donors (Lipinski definition) is 1. The van der Waals surface area contributed by atoms with E-state index in [1.807, 2.05) is 48.7 Å². The van der Waals surface area contributed by atoms with Crippen LogP contribution >= 0.6 is 11.6 Å². The third-order valence-electron chi connectivity index (χ3n) is 3.88. The van der Waals surface area contributed by atoms with Crippen molar-refractivity contribution in [2.24, 2.45) is 0 Å². The number of halogens is 1. The Hall–Kier alpha value is -1.11. The molecule has 3 rings (SSSR count). The second-order valence-corrected chi connectivity index (χ2v) is 9.66. The first kappa shape index (κ1) is 22.9. The number of nitrogens with one attached hydrogen (secondary N) is 1. The minimum atomic E-state index is -3.46. The third-order valence-corrected chi connectivity index (χ3v) is 6.63. The monoisotopic (exact) mass is 402 g/mol. The van der Waals surface area contributed by atoms with Crippen LogP contribution in [0.2, 0.25) is 5.02 Å². The van der Waals surface area contributed by atoms with E-state index in [4.69, 9.17) is 16.0 Å². The number of fused-ring (bicyclic) bond motifs is 1. The van der Waals surface area contributed by atoms with Gasteiger partial charge in [0.25, 0.3) is 0 Å². The quantitative estimate of drug-likeness (QED) is 0.767. The summed E-state index contributed by atoms with van der Waals surface area (Å²) in [6, 6.07) is 3.29. The van der Waals surface area contributed by atoms with E-state index in [-0.39, 0.29) is 20.6 Å². The zero-order valence-corrected chi connectivity index (χ0v) is 18.4. The summed E-state index contributed by atoms with van der Waals surface area (Å²) in [6.45, 7) is 9.91. The molecular formula is C19H31ClN2O3S. The van der Waals surface area contributed by atoms with Gasteiger partial charge >= 0.3 is 0 Å². The molecule has 0 atom stereocenters. The highest BCUT2D eigenvalue weighted by molar-refractivity contribution is 7.92. The lowest BCUT2D eigenvalue weighted by atomic mass is 9.97. The Morgan fingerprint density at radius 2 is 1.73 bits per heavy atom. The van der Waals surface area contributed by atoms with Gasteiger partial charge in [0.15, 0.2) is 15.4 Å². The lowest BCUT2D eigenvalue weighted by molar-refractivity contribution is 0.408. The predicted molar refractivity (Wildman–Crippen MR) is 109 cm³/mol. The van der Waals surface area contributed by atoms with Gasteiger partial charge in [-0.2, -0.15) is 0 Å². The van der Waals surface area contributed by atoms with Crippen LogP contribution in [-0.4, -0.2) is 32.7 Å². The minimum Gasteiger partial charge on any atom is -0.439 e. The molecule has 1 aromatic heterocycles. The number of sulfone groups is 1. The zero-order valence-electron chi connectivity index (χ0n) is 16.8. The Morgan fingerprint density at radius 3 is 2.15 bits per heavy atom. The Labute approximate surface area is 162 Å². The average molecular weight is 403 g/mol. The summed E-state index contributed by atoms with van der Waals surface area (Å²) in [7, 11) is 0.293. The van der Waals surface area contributed by atoms with Crippen LogP contribution in [-0.2, 0) is 15.3 Å². The van der Waals surface area contributed by atoms with Crippen molar-refractivity contribution in [3.05, 3.63) is 23.0 Å². The van der Waals surface area contributed by atoms with Crippen LogP contribution in [0.4, 0.5) is 0 Å². The molecule has 1 aromatic carbocycles. The van der Waals surface area contributed by atoms with Crippen LogP contribution in [0.15, 0.2) is 21.4 Å². The normalized spacial score (nSPS) is 14.8. The van der Waals surface area contributed by atoms with Gasteiger partial charge in [0.1, 0.15) is 10.4 Å². The highest BCUT2D eigenvalue weighted by atomic mass is 35.5. The molecule has 1 fully saturated rings. The summed E-state index contributed by atoms with van der Waals surface area (Å²) in [4.78, 5) is 4.52. The van der Waals surface area contributed by atoms with Crippen LogP contribution < -0.4 is 5.32 Å². The Morgan fingerprint density at radius 1 is 1.19 bits per heavy atom.